The molecule has 2 aliphatic heterocycles. The van der Waals surface area contributed by atoms with Crippen LogP contribution in [0.2, 0.25) is 0 Å². The van der Waals surface area contributed by atoms with Gasteiger partial charge in [-0.2, -0.15) is 0 Å². The van der Waals surface area contributed by atoms with Gasteiger partial charge in [0.25, 0.3) is 0 Å². The maximum absolute atomic E-state index is 12.4. The Balaban J connectivity index is 2.04. The third kappa shape index (κ3) is 2.68. The molecule has 0 radical (unpaired) electrons. The van der Waals surface area contributed by atoms with Crippen molar-refractivity contribution in [2.45, 2.75) is 44.8 Å². The molecule has 6 heteroatoms. The molecule has 0 bridgehead atoms. The second-order valence-electron chi connectivity index (χ2n) is 5.70. The second-order valence-corrected chi connectivity index (χ2v) is 5.70. The molecule has 2 heterocycles. The summed E-state index contributed by atoms with van der Waals surface area (Å²) in [5, 5.41) is 9.00. The number of nitrogens with zero attached hydrogens (tertiary/aromatic N) is 3. The van der Waals surface area contributed by atoms with Crippen LogP contribution in [0, 0.1) is 0 Å². The topological polar surface area (TPSA) is 64.1 Å². The van der Waals surface area contributed by atoms with E-state index in [4.69, 9.17) is 5.11 Å². The normalized spacial score (nSPS) is 28.9. The van der Waals surface area contributed by atoms with Gasteiger partial charge in [0.05, 0.1) is 0 Å². The van der Waals surface area contributed by atoms with Crippen LogP contribution in [0.5, 0.6) is 0 Å². The highest BCUT2D eigenvalue weighted by Crippen LogP contribution is 2.25. The molecule has 0 aliphatic carbocycles. The SMILES string of the molecule is CC(C(=O)O)N(C)C(=O)N1CC2CCCN2CC1C. The fourth-order valence-electron chi connectivity index (χ4n) is 2.99. The Kier molecular flexibility index (Phi) is 3.99. The lowest BCUT2D eigenvalue weighted by Gasteiger charge is -2.44. The molecule has 0 saturated carbocycles. The van der Waals surface area contributed by atoms with E-state index in [1.807, 2.05) is 11.8 Å². The van der Waals surface area contributed by atoms with Gasteiger partial charge in [0, 0.05) is 32.2 Å². The number of hydrogen-bond donors (Lipinski definition) is 1. The van der Waals surface area contributed by atoms with E-state index in [1.54, 1.807) is 7.05 Å². The van der Waals surface area contributed by atoms with Crippen LogP contribution in [-0.2, 0) is 4.79 Å². The molecule has 0 spiro atoms. The highest BCUT2D eigenvalue weighted by Gasteiger charge is 2.38. The fraction of sp³-hybridized carbons (Fsp3) is 0.846. The van der Waals surface area contributed by atoms with Crippen LogP contribution in [0.4, 0.5) is 4.79 Å². The number of carbonyl (C=O) groups excluding carboxylic acids is 1. The highest BCUT2D eigenvalue weighted by atomic mass is 16.4. The van der Waals surface area contributed by atoms with Gasteiger partial charge < -0.3 is 14.9 Å². The Bertz CT molecular complexity index is 374. The van der Waals surface area contributed by atoms with E-state index in [0.29, 0.717) is 6.04 Å². The fourth-order valence-corrected chi connectivity index (χ4v) is 2.99. The van der Waals surface area contributed by atoms with Crippen molar-refractivity contribution in [1.29, 1.82) is 0 Å². The molecule has 0 aromatic carbocycles. The molecule has 2 fully saturated rings. The number of hydrogen-bond acceptors (Lipinski definition) is 3. The Morgan fingerprint density at radius 1 is 1.37 bits per heavy atom. The number of carbonyl (C=O) groups is 2. The highest BCUT2D eigenvalue weighted by molar-refractivity contribution is 5.82. The quantitative estimate of drug-likeness (QED) is 0.800. The summed E-state index contributed by atoms with van der Waals surface area (Å²) in [5.41, 5.74) is 0. The van der Waals surface area contributed by atoms with Gasteiger partial charge in [-0.3, -0.25) is 4.90 Å². The molecule has 0 aromatic heterocycles. The summed E-state index contributed by atoms with van der Waals surface area (Å²) in [5.74, 6) is -0.969. The van der Waals surface area contributed by atoms with E-state index < -0.39 is 12.0 Å². The van der Waals surface area contributed by atoms with Crippen LogP contribution < -0.4 is 0 Å². The first-order chi connectivity index (χ1) is 8.91. The van der Waals surface area contributed by atoms with E-state index >= 15 is 0 Å². The number of amides is 2. The third-order valence-electron chi connectivity index (χ3n) is 4.42. The number of piperazine rings is 1. The second kappa shape index (κ2) is 5.36. The van der Waals surface area contributed by atoms with Gasteiger partial charge in [-0.15, -0.1) is 0 Å². The van der Waals surface area contributed by atoms with Crippen LogP contribution in [0.15, 0.2) is 0 Å². The molecule has 2 amide bonds. The largest absolute Gasteiger partial charge is 0.480 e. The van der Waals surface area contributed by atoms with Crippen LogP contribution in [0.3, 0.4) is 0 Å². The zero-order chi connectivity index (χ0) is 14.2. The van der Waals surface area contributed by atoms with Gasteiger partial charge in [0.1, 0.15) is 6.04 Å². The molecule has 0 aromatic rings. The first-order valence-corrected chi connectivity index (χ1v) is 6.92. The molecule has 3 atom stereocenters. The monoisotopic (exact) mass is 269 g/mol. The minimum atomic E-state index is -0.969. The molecule has 6 nitrogen and oxygen atoms in total. The van der Waals surface area contributed by atoms with Gasteiger partial charge in [-0.05, 0) is 33.2 Å². The van der Waals surface area contributed by atoms with Gasteiger partial charge >= 0.3 is 12.0 Å². The van der Waals surface area contributed by atoms with E-state index in [1.165, 1.54) is 18.2 Å². The smallest absolute Gasteiger partial charge is 0.326 e. The van der Waals surface area contributed by atoms with E-state index in [-0.39, 0.29) is 12.1 Å². The standard InChI is InChI=1S/C13H23N3O3/c1-9-7-15-6-4-5-11(15)8-16(9)13(19)14(3)10(2)12(17)18/h9-11H,4-8H2,1-3H3,(H,17,18). The van der Waals surface area contributed by atoms with Crippen molar-refractivity contribution in [3.63, 3.8) is 0 Å². The molecule has 2 rings (SSSR count). The molecule has 2 aliphatic rings. The number of carboxylic acids is 1. The summed E-state index contributed by atoms with van der Waals surface area (Å²) in [6, 6.07) is -0.366. The number of rotatable bonds is 2. The summed E-state index contributed by atoms with van der Waals surface area (Å²) < 4.78 is 0. The van der Waals surface area contributed by atoms with Crippen molar-refractivity contribution >= 4 is 12.0 Å². The molecule has 108 valence electrons. The Hall–Kier alpha value is -1.30. The lowest BCUT2D eigenvalue weighted by atomic mass is 10.1. The maximum Gasteiger partial charge on any atom is 0.326 e. The Labute approximate surface area is 114 Å². The van der Waals surface area contributed by atoms with Crippen LogP contribution >= 0.6 is 0 Å². The average molecular weight is 269 g/mol. The van der Waals surface area contributed by atoms with E-state index in [9.17, 15) is 9.59 Å². The lowest BCUT2D eigenvalue weighted by molar-refractivity contribution is -0.141. The Morgan fingerprint density at radius 2 is 2.05 bits per heavy atom. The maximum atomic E-state index is 12.4. The van der Waals surface area contributed by atoms with E-state index in [2.05, 4.69) is 4.90 Å². The minimum Gasteiger partial charge on any atom is -0.480 e. The van der Waals surface area contributed by atoms with Gasteiger partial charge in [0.2, 0.25) is 0 Å². The zero-order valence-corrected chi connectivity index (χ0v) is 11.9. The molecule has 2 saturated heterocycles. The summed E-state index contributed by atoms with van der Waals surface area (Å²) in [7, 11) is 1.56. The molecular formula is C13H23N3O3. The summed E-state index contributed by atoms with van der Waals surface area (Å²) >= 11 is 0. The van der Waals surface area contributed by atoms with E-state index in [0.717, 1.165) is 26.1 Å². The first-order valence-electron chi connectivity index (χ1n) is 6.92. The third-order valence-corrected chi connectivity index (χ3v) is 4.42. The molecule has 1 N–H and O–H groups in total. The molecule has 3 unspecified atom stereocenters. The van der Waals surface area contributed by atoms with Crippen LogP contribution in [0.1, 0.15) is 26.7 Å². The molecule has 19 heavy (non-hydrogen) atoms. The van der Waals surface area contributed by atoms with Crippen LogP contribution in [-0.4, -0.2) is 76.6 Å². The van der Waals surface area contributed by atoms with Crippen molar-refractivity contribution in [3.05, 3.63) is 0 Å². The van der Waals surface area contributed by atoms with Crippen molar-refractivity contribution < 1.29 is 14.7 Å². The number of carboxylic acid groups (broad SMARTS) is 1. The van der Waals surface area contributed by atoms with Crippen molar-refractivity contribution in [2.24, 2.45) is 0 Å². The van der Waals surface area contributed by atoms with Crippen molar-refractivity contribution in [1.82, 2.24) is 14.7 Å². The predicted octanol–water partition coefficient (Wildman–Crippen LogP) is 0.680. The number of likely N-dealkylation sites (N-methyl/N-ethyl adjacent to an activating group) is 1. The molecular weight excluding hydrogens is 246 g/mol. The van der Waals surface area contributed by atoms with Crippen molar-refractivity contribution in [3.8, 4) is 0 Å². The van der Waals surface area contributed by atoms with Gasteiger partial charge in [0.15, 0.2) is 0 Å². The number of urea groups is 1. The number of fused-ring (bicyclic) bond motifs is 1. The summed E-state index contributed by atoms with van der Waals surface area (Å²) in [4.78, 5) is 29.0. The Morgan fingerprint density at radius 3 is 2.68 bits per heavy atom. The summed E-state index contributed by atoms with van der Waals surface area (Å²) in [6.45, 7) is 6.31. The van der Waals surface area contributed by atoms with Gasteiger partial charge in [-0.1, -0.05) is 0 Å². The average Bonchev–Trinajstić information content (AvgIpc) is 2.81. The number of aliphatic carboxylic acids is 1. The lowest BCUT2D eigenvalue weighted by Crippen LogP contribution is -2.60. The minimum absolute atomic E-state index is 0.144. The first kappa shape index (κ1) is 14.1. The zero-order valence-electron chi connectivity index (χ0n) is 11.9. The summed E-state index contributed by atoms with van der Waals surface area (Å²) in [6.07, 6.45) is 2.33. The predicted molar refractivity (Wildman–Crippen MR) is 71.0 cm³/mol. The van der Waals surface area contributed by atoms with Crippen molar-refractivity contribution in [2.75, 3.05) is 26.7 Å². The van der Waals surface area contributed by atoms with Crippen LogP contribution in [0.25, 0.3) is 0 Å². The van der Waals surface area contributed by atoms with Gasteiger partial charge in [-0.25, -0.2) is 9.59 Å².